The van der Waals surface area contributed by atoms with Crippen molar-refractivity contribution < 1.29 is 5.11 Å². The predicted octanol–water partition coefficient (Wildman–Crippen LogP) is 2.84. The van der Waals surface area contributed by atoms with Crippen LogP contribution in [-0.4, -0.2) is 23.2 Å². The monoisotopic (exact) mass is 306 g/mol. The van der Waals surface area contributed by atoms with Crippen molar-refractivity contribution in [3.05, 3.63) is 58.7 Å². The molecule has 0 aliphatic heterocycles. The van der Waals surface area contributed by atoms with E-state index in [1.54, 1.807) is 6.20 Å². The number of benzene rings is 1. The third-order valence-electron chi connectivity index (χ3n) is 2.63. The first-order valence-electron chi connectivity index (χ1n) is 5.81. The van der Waals surface area contributed by atoms with Crippen molar-refractivity contribution in [1.29, 1.82) is 0 Å². The van der Waals surface area contributed by atoms with Gasteiger partial charge < -0.3 is 10.0 Å². The fraction of sp³-hybridized carbons (Fsp3) is 0.214. The maximum atomic E-state index is 9.14. The summed E-state index contributed by atoms with van der Waals surface area (Å²) < 4.78 is 1.07. The zero-order chi connectivity index (χ0) is 12.8. The van der Waals surface area contributed by atoms with Crippen LogP contribution in [0.15, 0.2) is 53.1 Å². The molecule has 0 amide bonds. The van der Waals surface area contributed by atoms with E-state index in [1.807, 2.05) is 30.3 Å². The minimum Gasteiger partial charge on any atom is -0.395 e. The van der Waals surface area contributed by atoms with E-state index in [0.29, 0.717) is 6.54 Å². The number of hydrogen-bond acceptors (Lipinski definition) is 3. The van der Waals surface area contributed by atoms with Gasteiger partial charge in [-0.1, -0.05) is 34.1 Å². The van der Waals surface area contributed by atoms with Gasteiger partial charge in [0.15, 0.2) is 0 Å². The lowest BCUT2D eigenvalue weighted by Gasteiger charge is -2.22. The van der Waals surface area contributed by atoms with Crippen LogP contribution in [0.3, 0.4) is 0 Å². The molecule has 1 aromatic carbocycles. The van der Waals surface area contributed by atoms with E-state index in [2.05, 4.69) is 37.9 Å². The summed E-state index contributed by atoms with van der Waals surface area (Å²) in [5.41, 5.74) is 1.19. The molecule has 0 aliphatic carbocycles. The van der Waals surface area contributed by atoms with Crippen molar-refractivity contribution in [2.45, 2.75) is 6.54 Å². The van der Waals surface area contributed by atoms with Gasteiger partial charge in [0.1, 0.15) is 5.82 Å². The molecule has 0 unspecified atom stereocenters. The van der Waals surface area contributed by atoms with Crippen LogP contribution in [-0.2, 0) is 6.54 Å². The topological polar surface area (TPSA) is 36.4 Å². The first-order valence-corrected chi connectivity index (χ1v) is 6.60. The number of halogens is 1. The number of hydrogen-bond donors (Lipinski definition) is 1. The quantitative estimate of drug-likeness (QED) is 0.923. The second-order valence-corrected chi connectivity index (χ2v) is 4.88. The summed E-state index contributed by atoms with van der Waals surface area (Å²) in [6.07, 6.45) is 1.77. The van der Waals surface area contributed by atoms with Gasteiger partial charge in [0.25, 0.3) is 0 Å². The van der Waals surface area contributed by atoms with E-state index in [4.69, 9.17) is 5.11 Å². The van der Waals surface area contributed by atoms with Crippen LogP contribution in [0.1, 0.15) is 5.56 Å². The molecule has 0 saturated heterocycles. The molecule has 2 rings (SSSR count). The predicted molar refractivity (Wildman–Crippen MR) is 76.5 cm³/mol. The highest BCUT2D eigenvalue weighted by Crippen LogP contribution is 2.16. The van der Waals surface area contributed by atoms with Gasteiger partial charge in [0.05, 0.1) is 6.61 Å². The number of rotatable bonds is 5. The Hall–Kier alpha value is -1.39. The van der Waals surface area contributed by atoms with E-state index in [9.17, 15) is 0 Å². The average Bonchev–Trinajstić information content (AvgIpc) is 2.42. The lowest BCUT2D eigenvalue weighted by molar-refractivity contribution is 0.301. The van der Waals surface area contributed by atoms with Crippen molar-refractivity contribution in [3.8, 4) is 0 Å². The molecule has 1 heterocycles. The highest BCUT2D eigenvalue weighted by molar-refractivity contribution is 9.10. The van der Waals surface area contributed by atoms with Crippen molar-refractivity contribution in [2.75, 3.05) is 18.1 Å². The first-order chi connectivity index (χ1) is 8.79. The van der Waals surface area contributed by atoms with Gasteiger partial charge in [-0.05, 0) is 29.8 Å². The third kappa shape index (κ3) is 3.55. The van der Waals surface area contributed by atoms with E-state index >= 15 is 0 Å². The summed E-state index contributed by atoms with van der Waals surface area (Å²) in [5, 5.41) is 9.14. The molecule has 0 atom stereocenters. The van der Waals surface area contributed by atoms with Crippen LogP contribution in [0.4, 0.5) is 5.82 Å². The molecule has 0 bridgehead atoms. The molecule has 0 fully saturated rings. The Bertz CT molecular complexity index is 473. The van der Waals surface area contributed by atoms with E-state index in [-0.39, 0.29) is 6.61 Å². The van der Waals surface area contributed by atoms with Crippen molar-refractivity contribution in [1.82, 2.24) is 4.98 Å². The van der Waals surface area contributed by atoms with Crippen LogP contribution in [0.25, 0.3) is 0 Å². The van der Waals surface area contributed by atoms with Gasteiger partial charge in [-0.15, -0.1) is 0 Å². The van der Waals surface area contributed by atoms with Crippen LogP contribution in [0.5, 0.6) is 0 Å². The number of aliphatic hydroxyl groups excluding tert-OH is 1. The zero-order valence-corrected chi connectivity index (χ0v) is 11.5. The summed E-state index contributed by atoms with van der Waals surface area (Å²) in [6, 6.07) is 14.0. The number of pyridine rings is 1. The zero-order valence-electron chi connectivity index (χ0n) is 9.96. The van der Waals surface area contributed by atoms with Gasteiger partial charge in [0.2, 0.25) is 0 Å². The second-order valence-electron chi connectivity index (χ2n) is 3.96. The fourth-order valence-electron chi connectivity index (χ4n) is 1.75. The Morgan fingerprint density at radius 2 is 1.89 bits per heavy atom. The summed E-state index contributed by atoms with van der Waals surface area (Å²) >= 11 is 3.42. The van der Waals surface area contributed by atoms with Crippen LogP contribution in [0, 0.1) is 0 Å². The van der Waals surface area contributed by atoms with Gasteiger partial charge in [0, 0.05) is 23.8 Å². The summed E-state index contributed by atoms with van der Waals surface area (Å²) in [6.45, 7) is 1.44. The van der Waals surface area contributed by atoms with Crippen molar-refractivity contribution in [3.63, 3.8) is 0 Å². The SMILES string of the molecule is OCCN(Cc1ccc(Br)cc1)c1ccccn1. The minimum atomic E-state index is 0.118. The van der Waals surface area contributed by atoms with Crippen LogP contribution < -0.4 is 4.90 Å². The van der Waals surface area contributed by atoms with Gasteiger partial charge in [-0.3, -0.25) is 0 Å². The molecule has 1 N–H and O–H groups in total. The lowest BCUT2D eigenvalue weighted by Crippen LogP contribution is -2.26. The molecule has 0 aliphatic rings. The largest absolute Gasteiger partial charge is 0.395 e. The minimum absolute atomic E-state index is 0.118. The van der Waals surface area contributed by atoms with E-state index in [1.165, 1.54) is 5.56 Å². The smallest absolute Gasteiger partial charge is 0.128 e. The molecule has 0 spiro atoms. The Balaban J connectivity index is 2.14. The Kier molecular flexibility index (Phi) is 4.73. The summed E-state index contributed by atoms with van der Waals surface area (Å²) in [5.74, 6) is 0.884. The summed E-state index contributed by atoms with van der Waals surface area (Å²) in [4.78, 5) is 6.38. The lowest BCUT2D eigenvalue weighted by atomic mass is 10.2. The molecule has 3 nitrogen and oxygen atoms in total. The number of nitrogens with zero attached hydrogens (tertiary/aromatic N) is 2. The molecular weight excluding hydrogens is 292 g/mol. The normalized spacial score (nSPS) is 10.3. The van der Waals surface area contributed by atoms with Crippen molar-refractivity contribution in [2.24, 2.45) is 0 Å². The summed E-state index contributed by atoms with van der Waals surface area (Å²) in [7, 11) is 0. The van der Waals surface area contributed by atoms with Crippen molar-refractivity contribution >= 4 is 21.7 Å². The van der Waals surface area contributed by atoms with E-state index in [0.717, 1.165) is 16.8 Å². The van der Waals surface area contributed by atoms with Crippen LogP contribution in [0.2, 0.25) is 0 Å². The highest BCUT2D eigenvalue weighted by Gasteiger charge is 2.07. The number of aliphatic hydroxyl groups is 1. The molecule has 2 aromatic rings. The maximum Gasteiger partial charge on any atom is 0.128 e. The third-order valence-corrected chi connectivity index (χ3v) is 3.16. The van der Waals surface area contributed by atoms with Gasteiger partial charge in [-0.25, -0.2) is 4.98 Å². The highest BCUT2D eigenvalue weighted by atomic mass is 79.9. The van der Waals surface area contributed by atoms with Gasteiger partial charge >= 0.3 is 0 Å². The Morgan fingerprint density at radius 3 is 2.50 bits per heavy atom. The standard InChI is InChI=1S/C14H15BrN2O/c15-13-6-4-12(5-7-13)11-17(9-10-18)14-3-1-2-8-16-14/h1-8,18H,9-11H2. The molecule has 0 saturated carbocycles. The molecule has 18 heavy (non-hydrogen) atoms. The maximum absolute atomic E-state index is 9.14. The van der Waals surface area contributed by atoms with Crippen LogP contribution >= 0.6 is 15.9 Å². The van der Waals surface area contributed by atoms with E-state index < -0.39 is 0 Å². The average molecular weight is 307 g/mol. The number of anilines is 1. The fourth-order valence-corrected chi connectivity index (χ4v) is 2.01. The molecular formula is C14H15BrN2O. The molecule has 1 aromatic heterocycles. The molecule has 0 radical (unpaired) electrons. The molecule has 94 valence electrons. The van der Waals surface area contributed by atoms with Gasteiger partial charge in [-0.2, -0.15) is 0 Å². The Morgan fingerprint density at radius 1 is 1.11 bits per heavy atom. The second kappa shape index (κ2) is 6.52. The molecule has 4 heteroatoms. The number of aromatic nitrogens is 1. The first kappa shape index (κ1) is 13.1. The Labute approximate surface area is 115 Å².